The highest BCUT2D eigenvalue weighted by atomic mass is 79.9. The summed E-state index contributed by atoms with van der Waals surface area (Å²) in [6.45, 7) is 5.05. The Bertz CT molecular complexity index is 976. The van der Waals surface area contributed by atoms with E-state index in [2.05, 4.69) is 40.1 Å². The minimum Gasteiger partial charge on any atom is -0.370 e. The van der Waals surface area contributed by atoms with Crippen molar-refractivity contribution in [3.8, 4) is 0 Å². The standard InChI is InChI=1S/C17H16BrN3O2S/c1-17(2)7-12-13(9-23-17)24-15-14(12)16(22)21(20-19-15)8-10-3-5-11(18)6-4-10/h3-6H,7-9H2,1-2H3. The molecule has 1 aromatic carbocycles. The van der Waals surface area contributed by atoms with Crippen LogP contribution < -0.4 is 5.56 Å². The molecule has 0 fully saturated rings. The van der Waals surface area contributed by atoms with E-state index in [0.29, 0.717) is 23.4 Å². The van der Waals surface area contributed by atoms with E-state index in [1.165, 1.54) is 16.0 Å². The lowest BCUT2D eigenvalue weighted by molar-refractivity contribution is -0.0379. The Balaban J connectivity index is 1.80. The van der Waals surface area contributed by atoms with Crippen LogP contribution >= 0.6 is 27.3 Å². The van der Waals surface area contributed by atoms with Gasteiger partial charge in [-0.3, -0.25) is 4.79 Å². The Labute approximate surface area is 151 Å². The number of ether oxygens (including phenoxy) is 1. The second-order valence-corrected chi connectivity index (χ2v) is 8.59. The minimum absolute atomic E-state index is 0.0712. The lowest BCUT2D eigenvalue weighted by atomic mass is 9.94. The van der Waals surface area contributed by atoms with Gasteiger partial charge in [0, 0.05) is 15.8 Å². The molecule has 0 saturated heterocycles. The van der Waals surface area contributed by atoms with Gasteiger partial charge in [0.05, 0.1) is 24.1 Å². The van der Waals surface area contributed by atoms with Gasteiger partial charge in [0.15, 0.2) is 4.83 Å². The molecule has 0 amide bonds. The number of thiophene rings is 1. The molecule has 5 nitrogen and oxygen atoms in total. The summed E-state index contributed by atoms with van der Waals surface area (Å²) in [5.74, 6) is 0. The molecule has 0 radical (unpaired) electrons. The number of nitrogens with zero attached hydrogens (tertiary/aromatic N) is 3. The molecule has 0 unspecified atom stereocenters. The van der Waals surface area contributed by atoms with E-state index in [-0.39, 0.29) is 11.2 Å². The Hall–Kier alpha value is -1.57. The fourth-order valence-corrected chi connectivity index (χ4v) is 4.26. The molecule has 0 saturated carbocycles. The average molecular weight is 406 g/mol. The number of halogens is 1. The van der Waals surface area contributed by atoms with E-state index in [1.54, 1.807) is 0 Å². The van der Waals surface area contributed by atoms with Crippen molar-refractivity contribution in [2.45, 2.75) is 39.0 Å². The zero-order chi connectivity index (χ0) is 16.9. The van der Waals surface area contributed by atoms with Crippen LogP contribution in [0.2, 0.25) is 0 Å². The maximum absolute atomic E-state index is 13.0. The van der Waals surface area contributed by atoms with Gasteiger partial charge >= 0.3 is 0 Å². The summed E-state index contributed by atoms with van der Waals surface area (Å²) >= 11 is 4.93. The number of aromatic nitrogens is 3. The summed E-state index contributed by atoms with van der Waals surface area (Å²) in [5, 5.41) is 9.10. The molecule has 1 aliphatic heterocycles. The van der Waals surface area contributed by atoms with Crippen molar-refractivity contribution < 1.29 is 4.74 Å². The molecule has 2 aromatic heterocycles. The van der Waals surface area contributed by atoms with Crippen LogP contribution in [0.4, 0.5) is 0 Å². The molecular weight excluding hydrogens is 390 g/mol. The van der Waals surface area contributed by atoms with E-state index in [0.717, 1.165) is 26.9 Å². The Morgan fingerprint density at radius 2 is 2.08 bits per heavy atom. The largest absolute Gasteiger partial charge is 0.370 e. The summed E-state index contributed by atoms with van der Waals surface area (Å²) in [5.41, 5.74) is 1.77. The van der Waals surface area contributed by atoms with Crippen molar-refractivity contribution in [2.75, 3.05) is 0 Å². The van der Waals surface area contributed by atoms with Crippen molar-refractivity contribution in [3.63, 3.8) is 0 Å². The van der Waals surface area contributed by atoms with Crippen LogP contribution in [-0.4, -0.2) is 20.6 Å². The molecule has 0 atom stereocenters. The van der Waals surface area contributed by atoms with Crippen molar-refractivity contribution >= 4 is 37.5 Å². The minimum atomic E-state index is -0.257. The second-order valence-electron chi connectivity index (χ2n) is 6.59. The van der Waals surface area contributed by atoms with Crippen LogP contribution in [0.5, 0.6) is 0 Å². The molecule has 3 aromatic rings. The van der Waals surface area contributed by atoms with Crippen molar-refractivity contribution in [2.24, 2.45) is 0 Å². The first kappa shape index (κ1) is 15.9. The van der Waals surface area contributed by atoms with Crippen molar-refractivity contribution in [1.82, 2.24) is 15.0 Å². The third-order valence-electron chi connectivity index (χ3n) is 4.21. The number of benzene rings is 1. The van der Waals surface area contributed by atoms with Crippen LogP contribution in [0.1, 0.15) is 29.9 Å². The van der Waals surface area contributed by atoms with Crippen molar-refractivity contribution in [1.29, 1.82) is 0 Å². The highest BCUT2D eigenvalue weighted by Gasteiger charge is 2.30. The molecule has 0 spiro atoms. The van der Waals surface area contributed by atoms with Gasteiger partial charge in [-0.2, -0.15) is 0 Å². The molecule has 4 rings (SSSR count). The molecule has 3 heterocycles. The van der Waals surface area contributed by atoms with E-state index in [1.807, 2.05) is 24.3 Å². The SMILES string of the molecule is CC1(C)Cc2c(sc3nnn(Cc4ccc(Br)cc4)c(=O)c23)CO1. The van der Waals surface area contributed by atoms with Gasteiger partial charge in [-0.25, -0.2) is 4.68 Å². The summed E-state index contributed by atoms with van der Waals surface area (Å²) in [6.07, 6.45) is 0.724. The summed E-state index contributed by atoms with van der Waals surface area (Å²) in [4.78, 5) is 14.8. The van der Waals surface area contributed by atoms with Gasteiger partial charge < -0.3 is 4.74 Å². The third kappa shape index (κ3) is 2.81. The molecule has 124 valence electrons. The molecule has 0 bridgehead atoms. The molecule has 7 heteroatoms. The predicted octanol–water partition coefficient (Wildman–Crippen LogP) is 3.52. The maximum Gasteiger partial charge on any atom is 0.279 e. The number of hydrogen-bond acceptors (Lipinski definition) is 5. The van der Waals surface area contributed by atoms with Gasteiger partial charge in [0.1, 0.15) is 0 Å². The first-order valence-electron chi connectivity index (χ1n) is 7.69. The lowest BCUT2D eigenvalue weighted by Crippen LogP contribution is -2.32. The highest BCUT2D eigenvalue weighted by Crippen LogP contribution is 2.36. The third-order valence-corrected chi connectivity index (χ3v) is 5.82. The van der Waals surface area contributed by atoms with Crippen LogP contribution in [0.3, 0.4) is 0 Å². The summed E-state index contributed by atoms with van der Waals surface area (Å²) in [7, 11) is 0. The number of rotatable bonds is 2. The summed E-state index contributed by atoms with van der Waals surface area (Å²) in [6, 6.07) is 7.86. The first-order chi connectivity index (χ1) is 11.4. The molecule has 0 N–H and O–H groups in total. The fourth-order valence-electron chi connectivity index (χ4n) is 2.96. The van der Waals surface area contributed by atoms with Crippen LogP contribution in [-0.2, 0) is 24.3 Å². The molecule has 0 aliphatic carbocycles. The smallest absolute Gasteiger partial charge is 0.279 e. The van der Waals surface area contributed by atoms with Gasteiger partial charge in [0.25, 0.3) is 5.56 Å². The van der Waals surface area contributed by atoms with E-state index < -0.39 is 0 Å². The molecule has 24 heavy (non-hydrogen) atoms. The van der Waals surface area contributed by atoms with Crippen LogP contribution in [0.25, 0.3) is 10.2 Å². The fraction of sp³-hybridized carbons (Fsp3) is 0.353. The Kier molecular flexibility index (Phi) is 3.82. The average Bonchev–Trinajstić information content (AvgIpc) is 2.89. The predicted molar refractivity (Wildman–Crippen MR) is 97.5 cm³/mol. The summed E-state index contributed by atoms with van der Waals surface area (Å²) < 4.78 is 8.30. The first-order valence-corrected chi connectivity index (χ1v) is 9.30. The van der Waals surface area contributed by atoms with Gasteiger partial charge in [0.2, 0.25) is 0 Å². The molecule has 1 aliphatic rings. The van der Waals surface area contributed by atoms with Crippen LogP contribution in [0.15, 0.2) is 33.5 Å². The zero-order valence-electron chi connectivity index (χ0n) is 13.4. The quantitative estimate of drug-likeness (QED) is 0.654. The van der Waals surface area contributed by atoms with E-state index in [4.69, 9.17) is 4.74 Å². The highest BCUT2D eigenvalue weighted by molar-refractivity contribution is 9.10. The normalized spacial score (nSPS) is 16.3. The van der Waals surface area contributed by atoms with Gasteiger partial charge in [-0.05, 0) is 37.1 Å². The molecular formula is C17H16BrN3O2S. The zero-order valence-corrected chi connectivity index (χ0v) is 15.8. The van der Waals surface area contributed by atoms with E-state index >= 15 is 0 Å². The maximum atomic E-state index is 13.0. The monoisotopic (exact) mass is 405 g/mol. The Morgan fingerprint density at radius 1 is 1.33 bits per heavy atom. The van der Waals surface area contributed by atoms with Gasteiger partial charge in [-0.1, -0.05) is 33.3 Å². The van der Waals surface area contributed by atoms with Gasteiger partial charge in [-0.15, -0.1) is 16.4 Å². The van der Waals surface area contributed by atoms with Crippen molar-refractivity contribution in [3.05, 3.63) is 55.1 Å². The number of hydrogen-bond donors (Lipinski definition) is 0. The Morgan fingerprint density at radius 3 is 2.83 bits per heavy atom. The lowest BCUT2D eigenvalue weighted by Gasteiger charge is -2.29. The van der Waals surface area contributed by atoms with Crippen LogP contribution in [0, 0.1) is 0 Å². The number of fused-ring (bicyclic) bond motifs is 3. The van der Waals surface area contributed by atoms with E-state index in [9.17, 15) is 4.79 Å². The second kappa shape index (κ2) is 5.75. The topological polar surface area (TPSA) is 57.0 Å².